The van der Waals surface area contributed by atoms with Crippen molar-refractivity contribution in [1.29, 1.82) is 0 Å². The third kappa shape index (κ3) is 4.10. The van der Waals surface area contributed by atoms with Crippen LogP contribution in [0.25, 0.3) is 16.7 Å². The number of nitrogens with one attached hydrogen (secondary N) is 2. The molecule has 1 aliphatic carbocycles. The lowest BCUT2D eigenvalue weighted by Gasteiger charge is -2.24. The Morgan fingerprint density at radius 2 is 2.00 bits per heavy atom. The fraction of sp³-hybridized carbons (Fsp3) is 0.292. The van der Waals surface area contributed by atoms with Crippen LogP contribution < -0.4 is 10.6 Å². The predicted molar refractivity (Wildman–Crippen MR) is 117 cm³/mol. The van der Waals surface area contributed by atoms with Gasteiger partial charge in [-0.05, 0) is 54.1 Å². The highest BCUT2D eigenvalue weighted by atomic mass is 19.4. The van der Waals surface area contributed by atoms with E-state index in [2.05, 4.69) is 25.6 Å². The second-order valence-electron chi connectivity index (χ2n) is 8.08. The molecule has 0 unspecified atom stereocenters. The summed E-state index contributed by atoms with van der Waals surface area (Å²) >= 11 is 0. The highest BCUT2D eigenvalue weighted by Gasteiger charge is 2.37. The maximum absolute atomic E-state index is 13.8. The molecule has 2 aromatic heterocycles. The molecule has 8 heteroatoms. The van der Waals surface area contributed by atoms with Crippen molar-refractivity contribution in [1.82, 2.24) is 20.3 Å². The minimum atomic E-state index is -4.54. The fourth-order valence-electron chi connectivity index (χ4n) is 4.31. The summed E-state index contributed by atoms with van der Waals surface area (Å²) < 4.78 is 41.4. The van der Waals surface area contributed by atoms with E-state index in [4.69, 9.17) is 0 Å². The van der Waals surface area contributed by atoms with Crippen LogP contribution in [0.4, 0.5) is 19.1 Å². The number of anilines is 1. The summed E-state index contributed by atoms with van der Waals surface area (Å²) in [5.41, 5.74) is 3.29. The number of hydrogen-bond donors (Lipinski definition) is 2. The van der Waals surface area contributed by atoms with Gasteiger partial charge in [0.15, 0.2) is 0 Å². The van der Waals surface area contributed by atoms with Gasteiger partial charge in [0.1, 0.15) is 5.56 Å². The van der Waals surface area contributed by atoms with E-state index in [9.17, 15) is 13.2 Å². The zero-order chi connectivity index (χ0) is 22.1. The molecule has 1 atom stereocenters. The highest BCUT2D eigenvalue weighted by molar-refractivity contribution is 5.86. The van der Waals surface area contributed by atoms with Crippen molar-refractivity contribution in [3.8, 4) is 11.1 Å². The van der Waals surface area contributed by atoms with Crippen molar-refractivity contribution in [2.75, 3.05) is 18.4 Å². The van der Waals surface area contributed by atoms with Gasteiger partial charge in [0.25, 0.3) is 0 Å². The van der Waals surface area contributed by atoms with Crippen LogP contribution in [0.1, 0.15) is 35.2 Å². The molecule has 1 aliphatic heterocycles. The SMILES string of the molecule is FC(F)(F)c1cnc(N[C@H]2CCCNC2)nc1C1=CCc2cc(-c3cccnc3)ccc21. The molecule has 3 heterocycles. The van der Waals surface area contributed by atoms with Crippen LogP contribution in [0.5, 0.6) is 0 Å². The van der Waals surface area contributed by atoms with Gasteiger partial charge in [-0.25, -0.2) is 9.97 Å². The summed E-state index contributed by atoms with van der Waals surface area (Å²) in [4.78, 5) is 12.5. The molecule has 0 radical (unpaired) electrons. The second-order valence-corrected chi connectivity index (χ2v) is 8.08. The number of hydrogen-bond acceptors (Lipinski definition) is 5. The number of pyridine rings is 1. The summed E-state index contributed by atoms with van der Waals surface area (Å²) in [5.74, 6) is 0.225. The molecule has 1 fully saturated rings. The summed E-state index contributed by atoms with van der Waals surface area (Å²) in [5, 5.41) is 6.47. The monoisotopic (exact) mass is 437 g/mol. The van der Waals surface area contributed by atoms with Crippen LogP contribution in [0.2, 0.25) is 0 Å². The molecule has 0 saturated carbocycles. The van der Waals surface area contributed by atoms with Gasteiger partial charge in [-0.1, -0.05) is 30.3 Å². The van der Waals surface area contributed by atoms with Crippen molar-refractivity contribution in [2.24, 2.45) is 0 Å². The molecule has 0 bridgehead atoms. The van der Waals surface area contributed by atoms with Gasteiger partial charge in [0.2, 0.25) is 5.95 Å². The maximum Gasteiger partial charge on any atom is 0.419 e. The lowest BCUT2D eigenvalue weighted by Crippen LogP contribution is -2.38. The number of rotatable bonds is 4. The van der Waals surface area contributed by atoms with Gasteiger partial charge in [0, 0.05) is 36.8 Å². The Morgan fingerprint density at radius 1 is 1.09 bits per heavy atom. The van der Waals surface area contributed by atoms with Crippen LogP contribution in [0.3, 0.4) is 0 Å². The van der Waals surface area contributed by atoms with E-state index in [0.29, 0.717) is 12.0 Å². The van der Waals surface area contributed by atoms with Crippen molar-refractivity contribution in [2.45, 2.75) is 31.5 Å². The summed E-state index contributed by atoms with van der Waals surface area (Å²) in [6, 6.07) is 9.71. The van der Waals surface area contributed by atoms with Crippen molar-refractivity contribution >= 4 is 11.5 Å². The Labute approximate surface area is 183 Å². The molecular weight excluding hydrogens is 415 g/mol. The lowest BCUT2D eigenvalue weighted by atomic mass is 9.96. The first-order chi connectivity index (χ1) is 15.5. The van der Waals surface area contributed by atoms with Crippen LogP contribution in [0.15, 0.2) is 55.0 Å². The normalized spacial score (nSPS) is 18.2. The molecule has 2 N–H and O–H groups in total. The average Bonchev–Trinajstić information content (AvgIpc) is 3.23. The van der Waals surface area contributed by atoms with Gasteiger partial charge >= 0.3 is 6.18 Å². The third-order valence-electron chi connectivity index (χ3n) is 5.90. The minimum absolute atomic E-state index is 0.0772. The van der Waals surface area contributed by atoms with E-state index in [0.717, 1.165) is 54.4 Å². The molecule has 32 heavy (non-hydrogen) atoms. The smallest absolute Gasteiger partial charge is 0.350 e. The molecule has 0 spiro atoms. The molecule has 5 nitrogen and oxygen atoms in total. The quantitative estimate of drug-likeness (QED) is 0.619. The van der Waals surface area contributed by atoms with E-state index < -0.39 is 11.7 Å². The average molecular weight is 437 g/mol. The summed E-state index contributed by atoms with van der Waals surface area (Å²) in [6.45, 7) is 1.68. The van der Waals surface area contributed by atoms with Gasteiger partial charge in [-0.2, -0.15) is 13.2 Å². The second kappa shape index (κ2) is 8.35. The Bertz CT molecular complexity index is 1150. The van der Waals surface area contributed by atoms with Crippen molar-refractivity contribution < 1.29 is 13.2 Å². The molecule has 5 rings (SSSR count). The predicted octanol–water partition coefficient (Wildman–Crippen LogP) is 4.71. The Morgan fingerprint density at radius 3 is 2.75 bits per heavy atom. The summed E-state index contributed by atoms with van der Waals surface area (Å²) in [6.07, 6.45) is 4.13. The number of halogens is 3. The number of fused-ring (bicyclic) bond motifs is 1. The number of piperidine rings is 1. The molecular formula is C24H22F3N5. The topological polar surface area (TPSA) is 62.7 Å². The fourth-order valence-corrected chi connectivity index (χ4v) is 4.31. The maximum atomic E-state index is 13.8. The number of allylic oxidation sites excluding steroid dienone is 1. The lowest BCUT2D eigenvalue weighted by molar-refractivity contribution is -0.138. The summed E-state index contributed by atoms with van der Waals surface area (Å²) in [7, 11) is 0. The largest absolute Gasteiger partial charge is 0.419 e. The van der Waals surface area contributed by atoms with E-state index in [1.165, 1.54) is 0 Å². The molecule has 164 valence electrons. The number of nitrogens with zero attached hydrogens (tertiary/aromatic N) is 3. The van der Waals surface area contributed by atoms with Crippen LogP contribution in [-0.4, -0.2) is 34.1 Å². The van der Waals surface area contributed by atoms with E-state index >= 15 is 0 Å². The molecule has 2 aliphatic rings. The zero-order valence-electron chi connectivity index (χ0n) is 17.3. The van der Waals surface area contributed by atoms with E-state index in [1.807, 2.05) is 36.4 Å². The van der Waals surface area contributed by atoms with Gasteiger partial charge in [-0.15, -0.1) is 0 Å². The standard InChI is InChI=1S/C24H22F3N5/c25-24(26,27)21-14-30-23(31-18-4-2-10-29-13-18)32-22(21)20-8-6-16-11-15(5-7-19(16)20)17-3-1-9-28-12-17/h1,3,5,7-9,11-12,14,18,29H,2,4,6,10,13H2,(H,30,31,32)/t18-/m0/s1. The van der Waals surface area contributed by atoms with Crippen LogP contribution in [0, 0.1) is 0 Å². The Hall–Kier alpha value is -3.26. The van der Waals surface area contributed by atoms with E-state index in [1.54, 1.807) is 12.4 Å². The van der Waals surface area contributed by atoms with Gasteiger partial charge < -0.3 is 10.6 Å². The van der Waals surface area contributed by atoms with Crippen molar-refractivity contribution in [3.63, 3.8) is 0 Å². The van der Waals surface area contributed by atoms with Crippen LogP contribution in [-0.2, 0) is 12.6 Å². The highest BCUT2D eigenvalue weighted by Crippen LogP contribution is 2.40. The van der Waals surface area contributed by atoms with Gasteiger partial charge in [-0.3, -0.25) is 4.98 Å². The number of aromatic nitrogens is 3. The Balaban J connectivity index is 1.50. The third-order valence-corrected chi connectivity index (χ3v) is 5.90. The van der Waals surface area contributed by atoms with Gasteiger partial charge in [0.05, 0.1) is 5.69 Å². The van der Waals surface area contributed by atoms with Crippen molar-refractivity contribution in [3.05, 3.63) is 77.4 Å². The molecule has 1 aromatic carbocycles. The number of alkyl halides is 3. The molecule has 1 saturated heterocycles. The molecule has 0 amide bonds. The molecule has 3 aromatic rings. The Kier molecular flexibility index (Phi) is 5.38. The first kappa shape index (κ1) is 20.6. The first-order valence-corrected chi connectivity index (χ1v) is 10.6. The zero-order valence-corrected chi connectivity index (χ0v) is 17.3. The van der Waals surface area contributed by atoms with Crippen LogP contribution >= 0.6 is 0 Å². The minimum Gasteiger partial charge on any atom is -0.350 e. The van der Waals surface area contributed by atoms with E-state index in [-0.39, 0.29) is 17.7 Å². The number of benzene rings is 1. The first-order valence-electron chi connectivity index (χ1n) is 10.6.